The summed E-state index contributed by atoms with van der Waals surface area (Å²) in [7, 11) is 0. The molecule has 0 amide bonds. The van der Waals surface area contributed by atoms with Crippen LogP contribution in [0.25, 0.3) is 0 Å². The first-order valence-corrected chi connectivity index (χ1v) is 6.05. The third kappa shape index (κ3) is 2.76. The topological polar surface area (TPSA) is 37.8 Å². The van der Waals surface area contributed by atoms with Gasteiger partial charge in [0.05, 0.1) is 10.2 Å². The van der Waals surface area contributed by atoms with Crippen LogP contribution < -0.4 is 5.32 Å². The first kappa shape index (κ1) is 13.2. The Labute approximate surface area is 115 Å². The first-order chi connectivity index (χ1) is 8.47. The fourth-order valence-corrected chi connectivity index (χ4v) is 1.74. The minimum absolute atomic E-state index is 0.0198. The maximum absolute atomic E-state index is 13.6. The van der Waals surface area contributed by atoms with Gasteiger partial charge in [-0.05, 0) is 40.5 Å². The van der Waals surface area contributed by atoms with Crippen molar-refractivity contribution in [1.29, 1.82) is 0 Å². The summed E-state index contributed by atoms with van der Waals surface area (Å²) in [6, 6.07) is 2.07. The molecule has 2 rings (SSSR count). The van der Waals surface area contributed by atoms with Crippen LogP contribution in [0.5, 0.6) is 0 Å². The van der Waals surface area contributed by atoms with E-state index in [0.717, 1.165) is 12.1 Å². The fraction of sp³-hybridized carbons (Fsp3) is 0.0909. The quantitative estimate of drug-likeness (QED) is 0.660. The van der Waals surface area contributed by atoms with Gasteiger partial charge in [-0.1, -0.05) is 0 Å². The van der Waals surface area contributed by atoms with E-state index in [4.69, 9.17) is 11.6 Å². The molecule has 0 bridgehead atoms. The molecule has 0 aliphatic rings. The van der Waals surface area contributed by atoms with E-state index in [1.165, 1.54) is 6.20 Å². The maximum Gasteiger partial charge on any atom is 0.224 e. The lowest BCUT2D eigenvalue weighted by atomic mass is 10.2. The molecule has 94 valence electrons. The largest absolute Gasteiger partial charge is 0.337 e. The lowest BCUT2D eigenvalue weighted by Gasteiger charge is -2.09. The van der Waals surface area contributed by atoms with Crippen LogP contribution in [-0.4, -0.2) is 9.97 Å². The number of nitrogens with one attached hydrogen (secondary N) is 1. The molecule has 7 heteroatoms. The minimum atomic E-state index is -0.600. The molecule has 0 saturated heterocycles. The Balaban J connectivity index is 2.40. The van der Waals surface area contributed by atoms with Gasteiger partial charge >= 0.3 is 0 Å². The summed E-state index contributed by atoms with van der Waals surface area (Å²) in [5.41, 5.74) is 0.649. The van der Waals surface area contributed by atoms with E-state index in [1.807, 2.05) is 0 Å². The number of halogens is 4. The van der Waals surface area contributed by atoms with Gasteiger partial charge in [-0.2, -0.15) is 0 Å². The molecule has 3 nitrogen and oxygen atoms in total. The molecular weight excluding hydrogens is 327 g/mol. The van der Waals surface area contributed by atoms with Crippen molar-refractivity contribution in [2.45, 2.75) is 6.92 Å². The van der Waals surface area contributed by atoms with Crippen LogP contribution in [0.3, 0.4) is 0 Å². The van der Waals surface area contributed by atoms with Gasteiger partial charge in [0.25, 0.3) is 0 Å². The average Bonchev–Trinajstić information content (AvgIpc) is 2.30. The van der Waals surface area contributed by atoms with Crippen LogP contribution in [-0.2, 0) is 0 Å². The van der Waals surface area contributed by atoms with Crippen molar-refractivity contribution in [3.8, 4) is 0 Å². The number of anilines is 2. The second-order valence-corrected chi connectivity index (χ2v) is 4.73. The number of aryl methyl sites for hydroxylation is 1. The second-order valence-electron chi connectivity index (χ2n) is 3.54. The van der Waals surface area contributed by atoms with Gasteiger partial charge in [0.1, 0.15) is 17.5 Å². The van der Waals surface area contributed by atoms with Crippen molar-refractivity contribution in [1.82, 2.24) is 9.97 Å². The third-order valence-electron chi connectivity index (χ3n) is 2.21. The number of rotatable bonds is 2. The van der Waals surface area contributed by atoms with Crippen LogP contribution >= 0.6 is 27.5 Å². The molecule has 0 saturated carbocycles. The van der Waals surface area contributed by atoms with Gasteiger partial charge in [-0.3, -0.25) is 0 Å². The summed E-state index contributed by atoms with van der Waals surface area (Å²) in [5.74, 6) is -0.843. The van der Waals surface area contributed by atoms with Crippen LogP contribution in [0.4, 0.5) is 20.3 Å². The van der Waals surface area contributed by atoms with Crippen molar-refractivity contribution in [3.05, 3.63) is 45.3 Å². The molecule has 0 aliphatic heterocycles. The molecule has 0 radical (unpaired) electrons. The third-order valence-corrected chi connectivity index (χ3v) is 3.00. The Morgan fingerprint density at radius 3 is 2.72 bits per heavy atom. The normalized spacial score (nSPS) is 10.5. The van der Waals surface area contributed by atoms with Crippen LogP contribution in [0.1, 0.15) is 5.56 Å². The Morgan fingerprint density at radius 2 is 2.00 bits per heavy atom. The van der Waals surface area contributed by atoms with Crippen LogP contribution in [0, 0.1) is 18.6 Å². The zero-order valence-electron chi connectivity index (χ0n) is 9.14. The maximum atomic E-state index is 13.6. The molecule has 2 aromatic rings. The highest BCUT2D eigenvalue weighted by Gasteiger charge is 2.10. The molecule has 1 aromatic heterocycles. The van der Waals surface area contributed by atoms with E-state index in [2.05, 4.69) is 31.2 Å². The molecule has 1 heterocycles. The van der Waals surface area contributed by atoms with Crippen LogP contribution in [0.2, 0.25) is 5.28 Å². The van der Waals surface area contributed by atoms with Gasteiger partial charge in [0.15, 0.2) is 0 Å². The van der Waals surface area contributed by atoms with Gasteiger partial charge in [-0.25, -0.2) is 18.7 Å². The highest BCUT2D eigenvalue weighted by atomic mass is 79.9. The Bertz CT molecular complexity index is 607. The highest BCUT2D eigenvalue weighted by Crippen LogP contribution is 2.26. The first-order valence-electron chi connectivity index (χ1n) is 4.88. The lowest BCUT2D eigenvalue weighted by molar-refractivity contribution is 0.597. The second kappa shape index (κ2) is 5.16. The van der Waals surface area contributed by atoms with Gasteiger partial charge in [-0.15, -0.1) is 0 Å². The summed E-state index contributed by atoms with van der Waals surface area (Å²) in [6.45, 7) is 1.73. The van der Waals surface area contributed by atoms with Crippen molar-refractivity contribution in [2.75, 3.05) is 5.32 Å². The zero-order valence-corrected chi connectivity index (χ0v) is 11.5. The predicted molar refractivity (Wildman–Crippen MR) is 69.1 cm³/mol. The predicted octanol–water partition coefficient (Wildman–Crippen LogP) is 4.22. The van der Waals surface area contributed by atoms with E-state index in [9.17, 15) is 8.78 Å². The molecule has 1 N–H and O–H groups in total. The van der Waals surface area contributed by atoms with E-state index >= 15 is 0 Å². The van der Waals surface area contributed by atoms with Crippen molar-refractivity contribution in [2.24, 2.45) is 0 Å². The number of hydrogen-bond acceptors (Lipinski definition) is 3. The lowest BCUT2D eigenvalue weighted by Crippen LogP contribution is -2.01. The van der Waals surface area contributed by atoms with E-state index < -0.39 is 11.6 Å². The molecule has 0 unspecified atom stereocenters. The van der Waals surface area contributed by atoms with Gasteiger partial charge in [0, 0.05) is 17.8 Å². The molecular formula is C11H7BrClF2N3. The SMILES string of the molecule is Cc1cnc(Cl)nc1Nc1cc(F)c(Br)cc1F. The number of nitrogens with zero attached hydrogens (tertiary/aromatic N) is 2. The molecule has 0 atom stereocenters. The average molecular weight is 335 g/mol. The van der Waals surface area contributed by atoms with Gasteiger partial charge < -0.3 is 5.32 Å². The molecule has 0 spiro atoms. The van der Waals surface area contributed by atoms with E-state index in [0.29, 0.717) is 11.4 Å². The fourth-order valence-electron chi connectivity index (χ4n) is 1.29. The summed E-state index contributed by atoms with van der Waals surface area (Å²) in [4.78, 5) is 7.68. The number of hydrogen-bond donors (Lipinski definition) is 1. The monoisotopic (exact) mass is 333 g/mol. The summed E-state index contributed by atoms with van der Waals surface area (Å²) in [5, 5.41) is 2.71. The summed E-state index contributed by atoms with van der Waals surface area (Å²) < 4.78 is 27.0. The molecule has 1 aromatic carbocycles. The van der Waals surface area contributed by atoms with Crippen LogP contribution in [0.15, 0.2) is 22.8 Å². The summed E-state index contributed by atoms with van der Waals surface area (Å²) in [6.07, 6.45) is 1.49. The highest BCUT2D eigenvalue weighted by molar-refractivity contribution is 9.10. The minimum Gasteiger partial charge on any atom is -0.337 e. The zero-order chi connectivity index (χ0) is 13.3. The smallest absolute Gasteiger partial charge is 0.224 e. The molecule has 0 aliphatic carbocycles. The van der Waals surface area contributed by atoms with Crippen molar-refractivity contribution < 1.29 is 8.78 Å². The molecule has 18 heavy (non-hydrogen) atoms. The van der Waals surface area contributed by atoms with E-state index in [1.54, 1.807) is 6.92 Å². The van der Waals surface area contributed by atoms with E-state index in [-0.39, 0.29) is 15.4 Å². The summed E-state index contributed by atoms with van der Waals surface area (Å²) >= 11 is 8.54. The number of benzene rings is 1. The molecule has 0 fully saturated rings. The Kier molecular flexibility index (Phi) is 3.77. The Morgan fingerprint density at radius 1 is 1.28 bits per heavy atom. The van der Waals surface area contributed by atoms with Crippen molar-refractivity contribution in [3.63, 3.8) is 0 Å². The standard InChI is InChI=1S/C11H7BrClF2N3/c1-5-4-16-11(13)18-10(5)17-9-3-7(14)6(12)2-8(9)15/h2-4H,1H3,(H,16,17,18). The Hall–Kier alpha value is -1.27. The van der Waals surface area contributed by atoms with Crippen molar-refractivity contribution >= 4 is 39.0 Å². The number of aromatic nitrogens is 2. The van der Waals surface area contributed by atoms with Gasteiger partial charge in [0.2, 0.25) is 5.28 Å².